The highest BCUT2D eigenvalue weighted by Gasteiger charge is 2.16. The number of rotatable bonds is 9. The number of nitrogens with zero attached hydrogens (tertiary/aromatic N) is 3. The molecule has 0 saturated carbocycles. The lowest BCUT2D eigenvalue weighted by Crippen LogP contribution is -2.37. The van der Waals surface area contributed by atoms with Gasteiger partial charge >= 0.3 is 22.4 Å². The number of aliphatic hydroxyl groups excluding tert-OH is 1. The molecule has 3 rings (SSSR count). The molecule has 0 heterocycles. The van der Waals surface area contributed by atoms with Crippen LogP contribution in [0.25, 0.3) is 0 Å². The fraction of sp³-hybridized carbons (Fsp3) is 0.432. The van der Waals surface area contributed by atoms with Crippen LogP contribution in [0.15, 0.2) is 49.8 Å². The summed E-state index contributed by atoms with van der Waals surface area (Å²) in [5.74, 6) is 0. The van der Waals surface area contributed by atoms with Crippen molar-refractivity contribution < 1.29 is 20.9 Å². The molecular weight excluding hydrogens is 985 g/mol. The Morgan fingerprint density at radius 2 is 0.873 bits per heavy atom. The molecule has 0 saturated heterocycles. The molecule has 0 aliphatic rings. The lowest BCUT2D eigenvalue weighted by molar-refractivity contribution is 0.249. The Kier molecular flexibility index (Phi) is 30.5. The van der Waals surface area contributed by atoms with Crippen molar-refractivity contribution in [3.8, 4) is 0 Å². The molecule has 0 bridgehead atoms. The Bertz CT molecular complexity index is 1430. The van der Waals surface area contributed by atoms with Crippen LogP contribution >= 0.6 is 93.8 Å². The summed E-state index contributed by atoms with van der Waals surface area (Å²) in [7, 11) is 0. The average Bonchev–Trinajstić information content (AvgIpc) is 3.08. The summed E-state index contributed by atoms with van der Waals surface area (Å²) in [6, 6.07) is 10.6. The van der Waals surface area contributed by atoms with Gasteiger partial charge in [-0.15, -0.1) is 0 Å². The zero-order valence-electron chi connectivity index (χ0n) is 34.0. The van der Waals surface area contributed by atoms with E-state index in [1.165, 1.54) is 4.90 Å². The number of aliphatic hydroxyl groups is 1. The molecule has 0 atom stereocenters. The first-order valence-electron chi connectivity index (χ1n) is 17.5. The van der Waals surface area contributed by atoms with Crippen LogP contribution in [0.2, 0.25) is 0 Å². The summed E-state index contributed by atoms with van der Waals surface area (Å²) >= 11 is 30.5. The summed E-state index contributed by atoms with van der Waals surface area (Å²) < 4.78 is 9.39. The molecule has 55 heavy (non-hydrogen) atoms. The van der Waals surface area contributed by atoms with Gasteiger partial charge in [0.2, 0.25) is 0 Å². The van der Waals surface area contributed by atoms with Gasteiger partial charge in [-0.25, -0.2) is 9.59 Å². The van der Waals surface area contributed by atoms with Crippen LogP contribution in [-0.4, -0.2) is 53.7 Å². The van der Waals surface area contributed by atoms with E-state index in [0.717, 1.165) is 71.0 Å². The van der Waals surface area contributed by atoms with Crippen LogP contribution < -0.4 is 32.3 Å². The average molecular weight is 1040 g/mol. The highest BCUT2D eigenvalue weighted by Crippen LogP contribution is 2.29. The largest absolute Gasteiger partial charge is 0.450 e. The maximum absolute atomic E-state index is 11.3. The second kappa shape index (κ2) is 30.3. The topological polar surface area (TPSA) is 168 Å². The number of halogens is 7. The van der Waals surface area contributed by atoms with Gasteiger partial charge in [0.25, 0.3) is 0 Å². The fourth-order valence-electron chi connectivity index (χ4n) is 4.84. The molecule has 310 valence electrons. The molecule has 18 heteroatoms. The van der Waals surface area contributed by atoms with E-state index in [0.29, 0.717) is 25.7 Å². The Morgan fingerprint density at radius 1 is 0.655 bits per heavy atom. The van der Waals surface area contributed by atoms with E-state index >= 15 is 0 Å². The van der Waals surface area contributed by atoms with Crippen LogP contribution in [0, 0.1) is 41.5 Å². The number of urea groups is 2. The first-order valence-corrected chi connectivity index (χ1v) is 20.9. The van der Waals surface area contributed by atoms with E-state index in [1.807, 2.05) is 91.8 Å². The number of nitrogens with two attached hydrogens (primary N) is 2. The molecule has 8 N–H and O–H groups in total. The number of primary amides is 2. The van der Waals surface area contributed by atoms with Crippen molar-refractivity contribution in [2.75, 3.05) is 40.9 Å². The Labute approximate surface area is 375 Å². The second-order valence-corrected chi connectivity index (χ2v) is 16.2. The first kappa shape index (κ1) is 55.4. The van der Waals surface area contributed by atoms with E-state index in [9.17, 15) is 14.4 Å². The fourth-order valence-corrected chi connectivity index (χ4v) is 5.70. The van der Waals surface area contributed by atoms with Crippen LogP contribution in [0.1, 0.15) is 75.3 Å². The van der Waals surface area contributed by atoms with Crippen molar-refractivity contribution in [2.24, 2.45) is 11.5 Å². The van der Waals surface area contributed by atoms with Crippen LogP contribution in [0.4, 0.5) is 31.4 Å². The number of carbonyl (C=O) groups is 3. The third-order valence-corrected chi connectivity index (χ3v) is 11.1. The molecule has 0 radical (unpaired) electrons. The number of hydrogen-bond acceptors (Lipinski definition) is 5. The van der Waals surface area contributed by atoms with E-state index in [-0.39, 0.29) is 19.3 Å². The molecule has 0 aliphatic carbocycles. The molecule has 0 unspecified atom stereocenters. The van der Waals surface area contributed by atoms with Crippen molar-refractivity contribution in [1.29, 1.82) is 0 Å². The number of amides is 5. The standard InChI is InChI=1S/C12H15BrClNO.C12H17BrN2O.C11H15BrN2O2.C2H6.BCl3.H3N/c2*1-4-5-15(12(14)16)10-6-8(2)11(13)9(3)7-10;1-7-5-9(6-8(2)10(7)12)14(3-4-15)11(13)16;1-2;2-1(3)4;/h6-7H,4-5H2,1-3H3;6-7H,4-5H2,1-3H3,(H2,14,16);5-6,15H,3-4H2,1-2H3,(H2,13,16);1-2H3;;1H3/i;;;1D;;. The molecule has 5 amide bonds. The number of benzene rings is 3. The summed E-state index contributed by atoms with van der Waals surface area (Å²) in [6.07, 6.45) is 1.77. The van der Waals surface area contributed by atoms with E-state index in [2.05, 4.69) is 47.8 Å². The lowest BCUT2D eigenvalue weighted by Gasteiger charge is -2.21. The maximum atomic E-state index is 11.3. The highest BCUT2D eigenvalue weighted by molar-refractivity contribution is 9.11. The first-order chi connectivity index (χ1) is 25.6. The highest BCUT2D eigenvalue weighted by atomic mass is 79.9. The minimum Gasteiger partial charge on any atom is -0.395 e. The summed E-state index contributed by atoms with van der Waals surface area (Å²) in [4.78, 5) is 37.7. The number of carbonyl (C=O) groups excluding carboxylic acids is 3. The van der Waals surface area contributed by atoms with Gasteiger partial charge in [-0.05, 0) is 136 Å². The van der Waals surface area contributed by atoms with Gasteiger partial charge in [0, 0.05) is 44.9 Å². The third kappa shape index (κ3) is 21.0. The van der Waals surface area contributed by atoms with Crippen molar-refractivity contribution >= 4 is 133 Å². The zero-order valence-corrected chi connectivity index (χ0v) is 40.8. The molecule has 0 aliphatic heterocycles. The summed E-state index contributed by atoms with van der Waals surface area (Å²) in [5, 5.41) is 8.45. The van der Waals surface area contributed by atoms with Crippen molar-refractivity contribution in [3.63, 3.8) is 0 Å². The monoisotopic (exact) mass is 1040 g/mol. The Balaban J connectivity index is -0.000000687. The van der Waals surface area contributed by atoms with Crippen LogP contribution in [-0.2, 0) is 0 Å². The number of anilines is 3. The second-order valence-electron chi connectivity index (χ2n) is 11.5. The summed E-state index contributed by atoms with van der Waals surface area (Å²) in [6.45, 7) is 19.6. The van der Waals surface area contributed by atoms with E-state index < -0.39 is 22.4 Å². The molecule has 10 nitrogen and oxygen atoms in total. The maximum Gasteiger partial charge on any atom is 0.450 e. The van der Waals surface area contributed by atoms with Gasteiger partial charge < -0.3 is 22.7 Å². The SMILES string of the molecule is CCCN(C(=O)Cl)c1cc(C)c(Br)c(C)c1.CCCN(C(N)=O)c1cc(C)c(Br)c(C)c1.Cc1cc(N(CCO)C(N)=O)cc(C)c1Br.ClB(Cl)Cl.N.[2H]CC. The predicted octanol–water partition coefficient (Wildman–Crippen LogP) is 12.8. The molecular formula is C37H56BBr3Cl4N6O4. The Hall–Kier alpha value is -1.75. The van der Waals surface area contributed by atoms with Crippen LogP contribution in [0.3, 0.4) is 0 Å². The van der Waals surface area contributed by atoms with Gasteiger partial charge in [0.05, 0.1) is 13.2 Å². The normalized spacial score (nSPS) is 9.80. The number of aryl methyl sites for hydroxylation is 6. The van der Waals surface area contributed by atoms with Gasteiger partial charge in [0.1, 0.15) is 0 Å². The quantitative estimate of drug-likeness (QED) is 0.0949. The third-order valence-electron chi connectivity index (χ3n) is 7.16. The Morgan fingerprint density at radius 3 is 1.07 bits per heavy atom. The smallest absolute Gasteiger partial charge is 0.395 e. The van der Waals surface area contributed by atoms with Gasteiger partial charge in [-0.3, -0.25) is 19.5 Å². The molecule has 0 aromatic heterocycles. The van der Waals surface area contributed by atoms with Crippen molar-refractivity contribution in [3.05, 3.63) is 83.2 Å². The lowest BCUT2D eigenvalue weighted by atomic mass is 10.1. The molecule has 3 aromatic rings. The predicted molar refractivity (Wildman–Crippen MR) is 251 cm³/mol. The van der Waals surface area contributed by atoms with Gasteiger partial charge in [-0.2, -0.15) is 34.4 Å². The minimum atomic E-state index is -0.750. The molecule has 0 spiro atoms. The summed E-state index contributed by atoms with van der Waals surface area (Å²) in [5.41, 5.74) is 19.5. The van der Waals surface area contributed by atoms with Crippen molar-refractivity contribution in [2.45, 2.75) is 82.1 Å². The van der Waals surface area contributed by atoms with Gasteiger partial charge in [0.15, 0.2) is 0 Å². The van der Waals surface area contributed by atoms with Crippen molar-refractivity contribution in [1.82, 2.24) is 6.15 Å². The van der Waals surface area contributed by atoms with E-state index in [1.54, 1.807) is 16.7 Å². The van der Waals surface area contributed by atoms with Crippen LogP contribution in [0.5, 0.6) is 0 Å². The molecule has 0 fully saturated rings. The molecule has 3 aromatic carbocycles. The zero-order chi connectivity index (χ0) is 43.2. The minimum absolute atomic E-state index is 0. The van der Waals surface area contributed by atoms with E-state index in [4.69, 9.17) is 63.9 Å². The number of hydrogen-bond donors (Lipinski definition) is 4. The van der Waals surface area contributed by atoms with Gasteiger partial charge in [-0.1, -0.05) is 75.5 Å².